The van der Waals surface area contributed by atoms with E-state index in [9.17, 15) is 19.5 Å². The lowest BCUT2D eigenvalue weighted by atomic mass is 9.57. The zero-order valence-electron chi connectivity index (χ0n) is 41.4. The zero-order chi connectivity index (χ0) is 48.5. The molecule has 6 aliphatic heterocycles. The molecule has 2 bridgehead atoms. The van der Waals surface area contributed by atoms with Crippen LogP contribution in [0.25, 0.3) is 22.2 Å². The fraction of sp³-hybridized carbons (Fsp3) is 0.607. The summed E-state index contributed by atoms with van der Waals surface area (Å²) < 4.78 is 23.9. The van der Waals surface area contributed by atoms with Gasteiger partial charge >= 0.3 is 6.01 Å². The van der Waals surface area contributed by atoms with Crippen molar-refractivity contribution < 1.29 is 28.6 Å². The molecular formula is C56H67FN10O5. The number of piperazine rings is 2. The Balaban J connectivity index is 0.592. The molecule has 378 valence electrons. The second-order valence-corrected chi connectivity index (χ2v) is 24.1. The van der Waals surface area contributed by atoms with Gasteiger partial charge < -0.3 is 34.8 Å². The molecule has 16 heteroatoms. The number of piperidine rings is 2. The van der Waals surface area contributed by atoms with E-state index in [1.54, 1.807) is 17.2 Å². The number of hydrogen-bond acceptors (Lipinski definition) is 13. The van der Waals surface area contributed by atoms with Gasteiger partial charge in [0.1, 0.15) is 28.8 Å². The number of phenolic OH excluding ortho intramolecular Hbond substituents is 1. The van der Waals surface area contributed by atoms with E-state index in [2.05, 4.69) is 42.4 Å². The highest BCUT2D eigenvalue weighted by Crippen LogP contribution is 2.59. The van der Waals surface area contributed by atoms with Crippen LogP contribution < -0.4 is 25.2 Å². The van der Waals surface area contributed by atoms with Crippen LogP contribution in [0.5, 0.6) is 11.8 Å². The largest absolute Gasteiger partial charge is 0.508 e. The van der Waals surface area contributed by atoms with Crippen LogP contribution in [0.4, 0.5) is 15.9 Å². The lowest BCUT2D eigenvalue weighted by molar-refractivity contribution is -0.136. The van der Waals surface area contributed by atoms with Gasteiger partial charge in [-0.1, -0.05) is 0 Å². The van der Waals surface area contributed by atoms with Gasteiger partial charge in [0, 0.05) is 106 Å². The Kier molecular flexibility index (Phi) is 10.7. The number of pyridine rings is 1. The molecule has 3 atom stereocenters. The van der Waals surface area contributed by atoms with Crippen LogP contribution in [0.3, 0.4) is 0 Å². The first-order valence-electron chi connectivity index (χ1n) is 27.3. The number of fused-ring (bicyclic) bond motifs is 6. The van der Waals surface area contributed by atoms with Crippen LogP contribution in [0.2, 0.25) is 0 Å². The van der Waals surface area contributed by atoms with Crippen LogP contribution >= 0.6 is 0 Å². The number of aryl methyl sites for hydroxylation is 1. The molecule has 4 aromatic rings. The highest BCUT2D eigenvalue weighted by molar-refractivity contribution is 6.05. The van der Waals surface area contributed by atoms with E-state index < -0.39 is 11.9 Å². The molecule has 10 aliphatic rings. The van der Waals surface area contributed by atoms with Crippen molar-refractivity contribution in [3.8, 4) is 23.0 Å². The van der Waals surface area contributed by atoms with Crippen molar-refractivity contribution in [3.63, 3.8) is 0 Å². The van der Waals surface area contributed by atoms with Gasteiger partial charge in [0.05, 0.1) is 12.0 Å². The molecule has 15 nitrogen and oxygen atoms in total. The molecule has 3 amide bonds. The summed E-state index contributed by atoms with van der Waals surface area (Å²) in [5.74, 6) is 0.367. The van der Waals surface area contributed by atoms with Crippen molar-refractivity contribution >= 4 is 40.1 Å². The molecule has 2 unspecified atom stereocenters. The first kappa shape index (κ1) is 45.2. The maximum atomic E-state index is 17.3. The molecule has 5 saturated heterocycles. The number of nitrogens with one attached hydrogen (secondary N) is 2. The minimum Gasteiger partial charge on any atom is -0.508 e. The number of aromatic hydroxyl groups is 1. The van der Waals surface area contributed by atoms with E-state index in [1.165, 1.54) is 31.2 Å². The summed E-state index contributed by atoms with van der Waals surface area (Å²) in [6, 6.07) is 10.1. The quantitative estimate of drug-likeness (QED) is 0.149. The number of nitrogens with zero attached hydrogens (tertiary/aromatic N) is 8. The first-order chi connectivity index (χ1) is 35.0. The SMILES string of the molecule is O=C1CC[C@H](N2Cc3cc(N4CCN(CC5CC6(CCN(CC7(COc8nc(N9CC%10CCC(C9)N%10)c9cnc(-c%10cc(O)cc%11c%10C%10(CCC%11)CC%10)c(F)c9n8)CC7)CC6)C5)CC4)ccc3C2=O)C(=O)N1. The van der Waals surface area contributed by atoms with Crippen LogP contribution in [0.15, 0.2) is 36.5 Å². The van der Waals surface area contributed by atoms with Crippen molar-refractivity contribution in [2.24, 2.45) is 16.7 Å². The maximum absolute atomic E-state index is 17.3. The smallest absolute Gasteiger partial charge is 0.319 e. The average Bonchev–Trinajstić information content (AvgIpc) is 4.27. The number of likely N-dealkylation sites (tertiary alicyclic amines) is 1. The monoisotopic (exact) mass is 979 g/mol. The molecule has 4 aliphatic carbocycles. The third-order valence-electron chi connectivity index (χ3n) is 19.2. The molecule has 14 rings (SSSR count). The number of carbonyl (C=O) groups is 3. The van der Waals surface area contributed by atoms with E-state index in [0.717, 1.165) is 146 Å². The van der Waals surface area contributed by atoms with Crippen LogP contribution in [-0.2, 0) is 28.0 Å². The van der Waals surface area contributed by atoms with Crippen molar-refractivity contribution in [3.05, 3.63) is 64.6 Å². The number of rotatable bonds is 11. The summed E-state index contributed by atoms with van der Waals surface area (Å²) >= 11 is 0. The van der Waals surface area contributed by atoms with Crippen LogP contribution in [0, 0.1) is 22.6 Å². The van der Waals surface area contributed by atoms with Gasteiger partial charge in [0.2, 0.25) is 11.8 Å². The number of carbonyl (C=O) groups excluding carboxylic acids is 3. The number of halogens is 1. The lowest BCUT2D eigenvalue weighted by Crippen LogP contribution is -2.53. The summed E-state index contributed by atoms with van der Waals surface area (Å²) in [4.78, 5) is 63.9. The van der Waals surface area contributed by atoms with Gasteiger partial charge in [-0.05, 0) is 167 Å². The molecule has 2 spiro atoms. The predicted molar refractivity (Wildman–Crippen MR) is 270 cm³/mol. The molecule has 3 saturated carbocycles. The van der Waals surface area contributed by atoms with E-state index in [-0.39, 0.29) is 57.9 Å². The molecular weight excluding hydrogens is 912 g/mol. The Hall–Kier alpha value is -5.45. The second-order valence-electron chi connectivity index (χ2n) is 24.1. The van der Waals surface area contributed by atoms with E-state index in [0.29, 0.717) is 59.4 Å². The Bertz CT molecular complexity index is 2870. The minimum atomic E-state index is -0.596. The van der Waals surface area contributed by atoms with Gasteiger partial charge in [-0.3, -0.25) is 29.6 Å². The Morgan fingerprint density at radius 2 is 1.60 bits per heavy atom. The van der Waals surface area contributed by atoms with Crippen molar-refractivity contribution in [2.45, 2.75) is 126 Å². The number of hydrogen-bond donors (Lipinski definition) is 3. The van der Waals surface area contributed by atoms with E-state index >= 15 is 4.39 Å². The molecule has 8 fully saturated rings. The number of anilines is 2. The average molecular weight is 979 g/mol. The lowest BCUT2D eigenvalue weighted by Gasteiger charge is -2.54. The third kappa shape index (κ3) is 8.00. The third-order valence-corrected chi connectivity index (χ3v) is 19.2. The van der Waals surface area contributed by atoms with Crippen molar-refractivity contribution in [1.82, 2.24) is 40.3 Å². The number of imide groups is 1. The Morgan fingerprint density at radius 3 is 2.35 bits per heavy atom. The molecule has 0 radical (unpaired) electrons. The van der Waals surface area contributed by atoms with Crippen molar-refractivity contribution in [2.75, 3.05) is 81.9 Å². The second kappa shape index (κ2) is 17.1. The minimum absolute atomic E-state index is 0.0515. The number of benzene rings is 2. The van der Waals surface area contributed by atoms with E-state index in [1.807, 2.05) is 12.1 Å². The predicted octanol–water partition coefficient (Wildman–Crippen LogP) is 6.08. The number of phenols is 1. The van der Waals surface area contributed by atoms with Crippen LogP contribution in [0.1, 0.15) is 117 Å². The Labute approximate surface area is 420 Å². The van der Waals surface area contributed by atoms with Gasteiger partial charge in [-0.15, -0.1) is 0 Å². The standard InChI is InChI=1S/C56H67FN10O5/c57-47-48(42-24-40(68)23-35-2-1-9-56(12-13-56)46(35)42)58-27-43-49(47)61-53(62-50(43)66-30-37-3-4-38(31-66)59-37)72-33-55(10-11-55)32-64-16-14-54(15-17-64)25-34(26-54)28-63-18-20-65(21-19-63)39-5-6-41-36(22-39)29-67(52(41)71)44-7-8-45(69)60-51(44)70/h5-6,22-24,27,34,37-38,44,59,68H,1-4,7-21,25-26,28-33H2,(H,60,69,70)/t37?,38?,44-/m0/s1. The zero-order valence-corrected chi connectivity index (χ0v) is 41.4. The number of ether oxygens (including phenoxy) is 1. The summed E-state index contributed by atoms with van der Waals surface area (Å²) in [6.45, 7) is 10.9. The number of aromatic nitrogens is 3. The summed E-state index contributed by atoms with van der Waals surface area (Å²) in [7, 11) is 0. The molecule has 72 heavy (non-hydrogen) atoms. The van der Waals surface area contributed by atoms with Gasteiger partial charge in [-0.25, -0.2) is 4.39 Å². The number of amides is 3. The molecule has 8 heterocycles. The van der Waals surface area contributed by atoms with Crippen LogP contribution in [-0.4, -0.2) is 143 Å². The highest BCUT2D eigenvalue weighted by atomic mass is 19.1. The fourth-order valence-corrected chi connectivity index (χ4v) is 15.0. The molecule has 2 aromatic heterocycles. The van der Waals surface area contributed by atoms with Gasteiger partial charge in [-0.2, -0.15) is 9.97 Å². The van der Waals surface area contributed by atoms with E-state index in [4.69, 9.17) is 19.7 Å². The first-order valence-corrected chi connectivity index (χ1v) is 27.3. The van der Waals surface area contributed by atoms with Gasteiger partial charge in [0.15, 0.2) is 5.82 Å². The fourth-order valence-electron chi connectivity index (χ4n) is 15.0. The summed E-state index contributed by atoms with van der Waals surface area (Å²) in [5, 5.41) is 17.6. The molecule has 3 N–H and O–H groups in total. The molecule has 2 aromatic carbocycles. The van der Waals surface area contributed by atoms with Crippen molar-refractivity contribution in [1.29, 1.82) is 0 Å². The maximum Gasteiger partial charge on any atom is 0.319 e. The Morgan fingerprint density at radius 1 is 0.806 bits per heavy atom. The highest BCUT2D eigenvalue weighted by Gasteiger charge is 2.51. The summed E-state index contributed by atoms with van der Waals surface area (Å²) in [5.41, 5.74) is 6.82. The summed E-state index contributed by atoms with van der Waals surface area (Å²) in [6.07, 6.45) is 17.2. The normalized spacial score (nSPS) is 27.3. The topological polar surface area (TPSA) is 160 Å². The van der Waals surface area contributed by atoms with Gasteiger partial charge in [0.25, 0.3) is 5.91 Å².